The van der Waals surface area contributed by atoms with E-state index in [2.05, 4.69) is 29.5 Å². The third-order valence-corrected chi connectivity index (χ3v) is 4.04. The molecule has 138 valence electrons. The van der Waals surface area contributed by atoms with Gasteiger partial charge in [0.2, 0.25) is 0 Å². The summed E-state index contributed by atoms with van der Waals surface area (Å²) in [6.07, 6.45) is 3.03. The molecule has 3 rings (SSSR count). The summed E-state index contributed by atoms with van der Waals surface area (Å²) in [7, 11) is 0. The number of halogens is 2. The maximum atomic E-state index is 13.3. The van der Waals surface area contributed by atoms with Crippen molar-refractivity contribution in [1.29, 1.82) is 0 Å². The first-order chi connectivity index (χ1) is 12.9. The molecule has 1 amide bonds. The van der Waals surface area contributed by atoms with Crippen molar-refractivity contribution >= 4 is 23.0 Å². The van der Waals surface area contributed by atoms with Crippen LogP contribution < -0.4 is 10.6 Å². The van der Waals surface area contributed by atoms with Crippen LogP contribution in [0.3, 0.4) is 0 Å². The Bertz CT molecular complexity index is 973. The van der Waals surface area contributed by atoms with Gasteiger partial charge in [-0.1, -0.05) is 32.0 Å². The molecule has 0 aliphatic rings. The van der Waals surface area contributed by atoms with Gasteiger partial charge in [-0.2, -0.15) is 0 Å². The van der Waals surface area contributed by atoms with E-state index < -0.39 is 17.5 Å². The van der Waals surface area contributed by atoms with Gasteiger partial charge in [-0.25, -0.2) is 8.78 Å². The van der Waals surface area contributed by atoms with Gasteiger partial charge >= 0.3 is 0 Å². The molecule has 0 saturated heterocycles. The average molecular weight is 367 g/mol. The zero-order chi connectivity index (χ0) is 19.4. The summed E-state index contributed by atoms with van der Waals surface area (Å²) in [5.41, 5.74) is 3.21. The van der Waals surface area contributed by atoms with Crippen LogP contribution in [0, 0.1) is 11.6 Å². The maximum Gasteiger partial charge on any atom is 0.257 e. The van der Waals surface area contributed by atoms with Gasteiger partial charge in [-0.3, -0.25) is 9.78 Å². The Morgan fingerprint density at radius 2 is 1.74 bits per heavy atom. The number of aromatic nitrogens is 1. The van der Waals surface area contributed by atoms with Gasteiger partial charge in [0, 0.05) is 23.6 Å². The summed E-state index contributed by atoms with van der Waals surface area (Å²) in [4.78, 5) is 16.5. The Labute approximate surface area is 156 Å². The van der Waals surface area contributed by atoms with Gasteiger partial charge in [-0.15, -0.1) is 0 Å². The first-order valence-electron chi connectivity index (χ1n) is 8.51. The summed E-state index contributed by atoms with van der Waals surface area (Å²) in [6.45, 7) is 4.20. The summed E-state index contributed by atoms with van der Waals surface area (Å²) < 4.78 is 26.3. The minimum atomic E-state index is -1.02. The van der Waals surface area contributed by atoms with Crippen LogP contribution in [0.1, 0.15) is 35.7 Å². The van der Waals surface area contributed by atoms with Crippen LogP contribution in [0.5, 0.6) is 0 Å². The maximum absolute atomic E-state index is 13.3. The molecule has 27 heavy (non-hydrogen) atoms. The predicted octanol–water partition coefficient (Wildman–Crippen LogP) is 5.48. The second-order valence-electron chi connectivity index (χ2n) is 6.41. The van der Waals surface area contributed by atoms with E-state index in [1.165, 1.54) is 12.3 Å². The molecule has 0 saturated carbocycles. The van der Waals surface area contributed by atoms with Gasteiger partial charge < -0.3 is 10.6 Å². The third kappa shape index (κ3) is 4.47. The van der Waals surface area contributed by atoms with Crippen LogP contribution in [0.2, 0.25) is 0 Å². The van der Waals surface area contributed by atoms with E-state index in [9.17, 15) is 13.6 Å². The minimum absolute atomic E-state index is 0.169. The molecule has 0 radical (unpaired) electrons. The van der Waals surface area contributed by atoms with Crippen molar-refractivity contribution < 1.29 is 13.6 Å². The predicted molar refractivity (Wildman–Crippen MR) is 102 cm³/mol. The summed E-state index contributed by atoms with van der Waals surface area (Å²) >= 11 is 0. The van der Waals surface area contributed by atoms with E-state index >= 15 is 0 Å². The molecule has 3 aromatic rings. The highest BCUT2D eigenvalue weighted by molar-refractivity contribution is 6.04. The molecular formula is C21H19F2N3O. The van der Waals surface area contributed by atoms with Crippen LogP contribution in [-0.4, -0.2) is 10.9 Å². The molecule has 1 aromatic heterocycles. The fourth-order valence-corrected chi connectivity index (χ4v) is 2.68. The second-order valence-corrected chi connectivity index (χ2v) is 6.41. The molecule has 6 heteroatoms. The topological polar surface area (TPSA) is 54.0 Å². The SMILES string of the molecule is CC(C)c1ccccc1Nc1cncc(C(=O)Nc2ccc(F)c(F)c2)c1. The third-order valence-electron chi connectivity index (χ3n) is 4.04. The number of hydrogen-bond acceptors (Lipinski definition) is 3. The fraction of sp³-hybridized carbons (Fsp3) is 0.143. The molecule has 1 heterocycles. The lowest BCUT2D eigenvalue weighted by Crippen LogP contribution is -2.13. The van der Waals surface area contributed by atoms with Crippen LogP contribution in [0.4, 0.5) is 25.8 Å². The normalized spacial score (nSPS) is 10.7. The summed E-state index contributed by atoms with van der Waals surface area (Å²) in [5.74, 6) is -2.12. The van der Waals surface area contributed by atoms with Crippen molar-refractivity contribution in [3.63, 3.8) is 0 Å². The molecule has 0 unspecified atom stereocenters. The first kappa shape index (κ1) is 18.5. The number of rotatable bonds is 5. The highest BCUT2D eigenvalue weighted by atomic mass is 19.2. The lowest BCUT2D eigenvalue weighted by molar-refractivity contribution is 0.102. The van der Waals surface area contributed by atoms with E-state index in [0.29, 0.717) is 17.2 Å². The number of nitrogens with zero attached hydrogens (tertiary/aromatic N) is 1. The number of carbonyl (C=O) groups excluding carboxylic acids is 1. The van der Waals surface area contributed by atoms with Crippen molar-refractivity contribution in [3.8, 4) is 0 Å². The van der Waals surface area contributed by atoms with Gasteiger partial charge in [0.05, 0.1) is 17.4 Å². The Balaban J connectivity index is 1.79. The van der Waals surface area contributed by atoms with Gasteiger partial charge in [0.15, 0.2) is 11.6 Å². The molecule has 0 aliphatic carbocycles. The van der Waals surface area contributed by atoms with Crippen molar-refractivity contribution in [2.24, 2.45) is 0 Å². The van der Waals surface area contributed by atoms with Gasteiger partial charge in [0.25, 0.3) is 5.91 Å². The zero-order valence-electron chi connectivity index (χ0n) is 15.0. The van der Waals surface area contributed by atoms with Crippen LogP contribution in [0.25, 0.3) is 0 Å². The molecule has 4 nitrogen and oxygen atoms in total. The summed E-state index contributed by atoms with van der Waals surface area (Å²) in [6, 6.07) is 12.8. The van der Waals surface area contributed by atoms with E-state index in [1.54, 1.807) is 12.3 Å². The quantitative estimate of drug-likeness (QED) is 0.628. The lowest BCUT2D eigenvalue weighted by atomic mass is 10.0. The monoisotopic (exact) mass is 367 g/mol. The molecule has 0 bridgehead atoms. The number of hydrogen-bond donors (Lipinski definition) is 2. The molecule has 0 aliphatic heterocycles. The zero-order valence-corrected chi connectivity index (χ0v) is 15.0. The number of pyridine rings is 1. The fourth-order valence-electron chi connectivity index (χ4n) is 2.68. The van der Waals surface area contributed by atoms with Crippen molar-refractivity contribution in [1.82, 2.24) is 4.98 Å². The Morgan fingerprint density at radius 3 is 2.48 bits per heavy atom. The Morgan fingerprint density at radius 1 is 0.963 bits per heavy atom. The van der Waals surface area contributed by atoms with Crippen molar-refractivity contribution in [3.05, 3.63) is 83.7 Å². The minimum Gasteiger partial charge on any atom is -0.354 e. The van der Waals surface area contributed by atoms with E-state index in [4.69, 9.17) is 0 Å². The Kier molecular flexibility index (Phi) is 5.45. The molecule has 0 spiro atoms. The Hall–Kier alpha value is -3.28. The van der Waals surface area contributed by atoms with Gasteiger partial charge in [-0.05, 0) is 35.7 Å². The molecule has 2 N–H and O–H groups in total. The van der Waals surface area contributed by atoms with Crippen molar-refractivity contribution in [2.75, 3.05) is 10.6 Å². The first-order valence-corrected chi connectivity index (χ1v) is 8.51. The molecule has 0 fully saturated rings. The number of para-hydroxylation sites is 1. The van der Waals surface area contributed by atoms with E-state index in [-0.39, 0.29) is 5.69 Å². The van der Waals surface area contributed by atoms with E-state index in [1.807, 2.05) is 24.3 Å². The molecule has 2 aromatic carbocycles. The van der Waals surface area contributed by atoms with Gasteiger partial charge in [0.1, 0.15) is 0 Å². The second kappa shape index (κ2) is 7.95. The smallest absolute Gasteiger partial charge is 0.257 e. The number of amides is 1. The van der Waals surface area contributed by atoms with Crippen molar-refractivity contribution in [2.45, 2.75) is 19.8 Å². The lowest BCUT2D eigenvalue weighted by Gasteiger charge is -2.15. The largest absolute Gasteiger partial charge is 0.354 e. The van der Waals surface area contributed by atoms with Crippen LogP contribution >= 0.6 is 0 Å². The summed E-state index contributed by atoms with van der Waals surface area (Å²) in [5, 5.41) is 5.81. The van der Waals surface area contributed by atoms with Crippen LogP contribution in [-0.2, 0) is 0 Å². The highest BCUT2D eigenvalue weighted by Crippen LogP contribution is 2.27. The number of carbonyl (C=O) groups is 1. The highest BCUT2D eigenvalue weighted by Gasteiger charge is 2.11. The molecule has 0 atom stereocenters. The number of nitrogens with one attached hydrogen (secondary N) is 2. The van der Waals surface area contributed by atoms with Crippen LogP contribution in [0.15, 0.2) is 60.9 Å². The average Bonchev–Trinajstić information content (AvgIpc) is 2.65. The number of benzene rings is 2. The standard InChI is InChI=1S/C21H19F2N3O/c1-13(2)17-5-3-4-6-20(17)25-16-9-14(11-24-12-16)21(27)26-15-7-8-18(22)19(23)10-15/h3-13,25H,1-2H3,(H,26,27). The van der Waals surface area contributed by atoms with E-state index in [0.717, 1.165) is 23.4 Å². The number of anilines is 3. The molecular weight excluding hydrogens is 348 g/mol.